The molecular formula is C9H16N4O3S2. The first kappa shape index (κ1) is 15.0. The standard InChI is InChI=1S/C9H16N4O3S2/c1-6-9(17-8(12-6)7(10)14)18(15,16)11-4-5-13(2)3/h11H,4-5H2,1-3H3,(H2,10,14). The minimum absolute atomic E-state index is 0.000449. The number of sulfonamides is 1. The molecule has 1 heterocycles. The van der Waals surface area contributed by atoms with Gasteiger partial charge >= 0.3 is 0 Å². The van der Waals surface area contributed by atoms with E-state index in [1.807, 2.05) is 19.0 Å². The third-order valence-corrected chi connectivity index (χ3v) is 5.30. The van der Waals surface area contributed by atoms with Gasteiger partial charge in [0.05, 0.1) is 5.69 Å². The number of hydrogen-bond acceptors (Lipinski definition) is 6. The van der Waals surface area contributed by atoms with Crippen LogP contribution in [0.1, 0.15) is 15.5 Å². The fourth-order valence-corrected chi connectivity index (χ4v) is 3.64. The Morgan fingerprint density at radius 3 is 2.56 bits per heavy atom. The highest BCUT2D eigenvalue weighted by atomic mass is 32.2. The quantitative estimate of drug-likeness (QED) is 0.727. The zero-order valence-electron chi connectivity index (χ0n) is 10.4. The van der Waals surface area contributed by atoms with Crippen LogP contribution in [0, 0.1) is 6.92 Å². The smallest absolute Gasteiger partial charge is 0.277 e. The average Bonchev–Trinajstić information content (AvgIpc) is 2.60. The number of thiazole rings is 1. The summed E-state index contributed by atoms with van der Waals surface area (Å²) >= 11 is 0.784. The fraction of sp³-hybridized carbons (Fsp3) is 0.556. The zero-order valence-corrected chi connectivity index (χ0v) is 12.1. The van der Waals surface area contributed by atoms with Gasteiger partial charge in [-0.2, -0.15) is 0 Å². The van der Waals surface area contributed by atoms with Crippen molar-refractivity contribution in [3.05, 3.63) is 10.7 Å². The number of nitrogens with two attached hydrogens (primary N) is 1. The molecule has 0 fully saturated rings. The summed E-state index contributed by atoms with van der Waals surface area (Å²) in [7, 11) is 0.0616. The first-order valence-corrected chi connectivity index (χ1v) is 7.45. The Labute approximate surface area is 110 Å². The third kappa shape index (κ3) is 3.73. The highest BCUT2D eigenvalue weighted by Gasteiger charge is 2.22. The van der Waals surface area contributed by atoms with Crippen molar-refractivity contribution in [2.24, 2.45) is 5.73 Å². The first-order valence-electron chi connectivity index (χ1n) is 5.15. The summed E-state index contributed by atoms with van der Waals surface area (Å²) < 4.78 is 26.4. The van der Waals surface area contributed by atoms with Gasteiger partial charge in [0.25, 0.3) is 15.9 Å². The van der Waals surface area contributed by atoms with Gasteiger partial charge < -0.3 is 10.6 Å². The van der Waals surface area contributed by atoms with E-state index in [0.29, 0.717) is 13.1 Å². The van der Waals surface area contributed by atoms with E-state index in [2.05, 4.69) is 9.71 Å². The summed E-state index contributed by atoms with van der Waals surface area (Å²) in [6.07, 6.45) is 0. The Morgan fingerprint density at radius 2 is 2.11 bits per heavy atom. The Bertz CT molecular complexity index is 536. The van der Waals surface area contributed by atoms with Crippen LogP contribution < -0.4 is 10.5 Å². The number of hydrogen-bond donors (Lipinski definition) is 2. The van der Waals surface area contributed by atoms with Gasteiger partial charge in [0.15, 0.2) is 9.22 Å². The Hall–Kier alpha value is -1.03. The lowest BCUT2D eigenvalue weighted by molar-refractivity contribution is 0.1000. The molecule has 0 aliphatic rings. The summed E-state index contributed by atoms with van der Waals surface area (Å²) in [6, 6.07) is 0. The molecule has 0 aliphatic carbocycles. The topological polar surface area (TPSA) is 105 Å². The number of aryl methyl sites for hydroxylation is 1. The number of nitrogens with zero attached hydrogens (tertiary/aromatic N) is 2. The summed E-state index contributed by atoms with van der Waals surface area (Å²) in [5, 5.41) is 0.000449. The molecule has 1 aromatic rings. The van der Waals surface area contributed by atoms with E-state index in [9.17, 15) is 13.2 Å². The van der Waals surface area contributed by atoms with Crippen molar-refractivity contribution in [3.63, 3.8) is 0 Å². The maximum atomic E-state index is 12.0. The second-order valence-corrected chi connectivity index (χ2v) is 6.92. The maximum absolute atomic E-state index is 12.0. The predicted molar refractivity (Wildman–Crippen MR) is 69.1 cm³/mol. The highest BCUT2D eigenvalue weighted by Crippen LogP contribution is 2.22. The molecule has 3 N–H and O–H groups in total. The van der Waals surface area contributed by atoms with Crippen LogP contribution in [0.3, 0.4) is 0 Å². The highest BCUT2D eigenvalue weighted by molar-refractivity contribution is 7.91. The lowest BCUT2D eigenvalue weighted by Crippen LogP contribution is -2.31. The molecule has 0 atom stereocenters. The molecule has 0 bridgehead atoms. The largest absolute Gasteiger partial charge is 0.364 e. The van der Waals surface area contributed by atoms with Crippen LogP contribution in [0.15, 0.2) is 4.21 Å². The number of amides is 1. The summed E-state index contributed by atoms with van der Waals surface area (Å²) in [5.41, 5.74) is 5.35. The normalized spacial score (nSPS) is 12.0. The van der Waals surface area contributed by atoms with Crippen molar-refractivity contribution in [2.75, 3.05) is 27.2 Å². The third-order valence-electron chi connectivity index (χ3n) is 2.06. The summed E-state index contributed by atoms with van der Waals surface area (Å²) in [4.78, 5) is 16.6. The van der Waals surface area contributed by atoms with Crippen LogP contribution in [-0.4, -0.2) is 51.4 Å². The van der Waals surface area contributed by atoms with Crippen LogP contribution >= 0.6 is 11.3 Å². The summed E-state index contributed by atoms with van der Waals surface area (Å²) in [5.74, 6) is -0.724. The van der Waals surface area contributed by atoms with Gasteiger partial charge in [0.2, 0.25) is 0 Å². The molecule has 0 spiro atoms. The number of carbonyl (C=O) groups is 1. The van der Waals surface area contributed by atoms with Crippen molar-refractivity contribution < 1.29 is 13.2 Å². The average molecular weight is 292 g/mol. The lowest BCUT2D eigenvalue weighted by atomic mass is 10.6. The molecule has 1 amide bonds. The van der Waals surface area contributed by atoms with Gasteiger partial charge in [-0.05, 0) is 21.0 Å². The molecule has 0 unspecified atom stereocenters. The number of rotatable bonds is 6. The van der Waals surface area contributed by atoms with E-state index >= 15 is 0 Å². The maximum Gasteiger partial charge on any atom is 0.277 e. The van der Waals surface area contributed by atoms with Crippen LogP contribution in [0.25, 0.3) is 0 Å². The minimum atomic E-state index is -3.63. The minimum Gasteiger partial charge on any atom is -0.364 e. The van der Waals surface area contributed by atoms with Gasteiger partial charge in [-0.25, -0.2) is 18.1 Å². The van der Waals surface area contributed by atoms with Gasteiger partial charge in [-0.1, -0.05) is 11.3 Å². The molecule has 0 aliphatic heterocycles. The molecule has 1 rings (SSSR count). The molecule has 7 nitrogen and oxygen atoms in total. The molecule has 0 saturated heterocycles. The Balaban J connectivity index is 2.88. The lowest BCUT2D eigenvalue weighted by Gasteiger charge is -2.10. The number of carbonyl (C=O) groups excluding carboxylic acids is 1. The second-order valence-electron chi connectivity index (χ2n) is 3.96. The van der Waals surface area contributed by atoms with Gasteiger partial charge in [-0.15, -0.1) is 0 Å². The first-order chi connectivity index (χ1) is 8.24. The van der Waals surface area contributed by atoms with Gasteiger partial charge in [-0.3, -0.25) is 4.79 Å². The second kappa shape index (κ2) is 5.74. The zero-order chi connectivity index (χ0) is 13.9. The van der Waals surface area contributed by atoms with Crippen molar-refractivity contribution in [2.45, 2.75) is 11.1 Å². The SMILES string of the molecule is Cc1nc(C(N)=O)sc1S(=O)(=O)NCCN(C)C. The Kier molecular flexibility index (Phi) is 4.79. The predicted octanol–water partition coefficient (Wildman–Crippen LogP) is -0.610. The van der Waals surface area contributed by atoms with E-state index in [0.717, 1.165) is 11.3 Å². The van der Waals surface area contributed by atoms with Gasteiger partial charge in [0.1, 0.15) is 0 Å². The van der Waals surface area contributed by atoms with Crippen LogP contribution in [0.2, 0.25) is 0 Å². The number of likely N-dealkylation sites (N-methyl/N-ethyl adjacent to an activating group) is 1. The molecule has 1 aromatic heterocycles. The number of primary amides is 1. The van der Waals surface area contributed by atoms with Crippen LogP contribution in [0.5, 0.6) is 0 Å². The molecule has 0 radical (unpaired) electrons. The van der Waals surface area contributed by atoms with Crippen molar-refractivity contribution in [1.82, 2.24) is 14.6 Å². The fourth-order valence-electron chi connectivity index (χ4n) is 1.21. The van der Waals surface area contributed by atoms with Crippen molar-refractivity contribution in [1.29, 1.82) is 0 Å². The van der Waals surface area contributed by atoms with E-state index < -0.39 is 15.9 Å². The van der Waals surface area contributed by atoms with E-state index in [4.69, 9.17) is 5.73 Å². The molecule has 102 valence electrons. The van der Waals surface area contributed by atoms with Crippen LogP contribution in [-0.2, 0) is 10.0 Å². The van der Waals surface area contributed by atoms with Crippen LogP contribution in [0.4, 0.5) is 0 Å². The molecule has 9 heteroatoms. The number of nitrogens with one attached hydrogen (secondary N) is 1. The van der Waals surface area contributed by atoms with Gasteiger partial charge in [0, 0.05) is 13.1 Å². The molecular weight excluding hydrogens is 276 g/mol. The van der Waals surface area contributed by atoms with E-state index in [1.54, 1.807) is 0 Å². The monoisotopic (exact) mass is 292 g/mol. The Morgan fingerprint density at radius 1 is 1.50 bits per heavy atom. The van der Waals surface area contributed by atoms with Crippen molar-refractivity contribution in [3.8, 4) is 0 Å². The number of aromatic nitrogens is 1. The van der Waals surface area contributed by atoms with E-state index in [1.165, 1.54) is 6.92 Å². The molecule has 0 saturated carbocycles. The summed E-state index contributed by atoms with van der Waals surface area (Å²) in [6.45, 7) is 2.40. The van der Waals surface area contributed by atoms with E-state index in [-0.39, 0.29) is 14.9 Å². The molecule has 0 aromatic carbocycles. The molecule has 18 heavy (non-hydrogen) atoms. The van der Waals surface area contributed by atoms with Crippen molar-refractivity contribution >= 4 is 27.3 Å².